The molecule has 0 aliphatic carbocycles. The minimum absolute atomic E-state index is 0.275. The lowest BCUT2D eigenvalue weighted by molar-refractivity contribution is 0.0691. The molecule has 27 heavy (non-hydrogen) atoms. The Morgan fingerprint density at radius 3 is 2.59 bits per heavy atom. The normalized spacial score (nSPS) is 11.1. The third kappa shape index (κ3) is 4.06. The number of anilines is 1. The zero-order valence-electron chi connectivity index (χ0n) is 13.8. The number of pyridine rings is 1. The van der Waals surface area contributed by atoms with Crippen molar-refractivity contribution in [3.05, 3.63) is 41.7 Å². The first-order valence-electron chi connectivity index (χ1n) is 7.25. The molecule has 2 aromatic rings. The van der Waals surface area contributed by atoms with Crippen LogP contribution in [0.2, 0.25) is 0 Å². The van der Waals surface area contributed by atoms with E-state index in [1.165, 1.54) is 0 Å². The maximum atomic E-state index is 14.8. The SMILES string of the molecule is COc1ccc(C(=O)O)c(S(=O)(=O)N(F)c2cccc(F)c2OCCO)n1. The fraction of sp³-hybridized carbons (Fsp3) is 0.200. The van der Waals surface area contributed by atoms with E-state index in [1.54, 1.807) is 0 Å². The number of hydrogen-bond donors (Lipinski definition) is 2. The van der Waals surface area contributed by atoms with Crippen LogP contribution in [0.3, 0.4) is 0 Å². The zero-order valence-corrected chi connectivity index (χ0v) is 14.6. The number of methoxy groups -OCH3 is 1. The second-order valence-electron chi connectivity index (χ2n) is 4.89. The molecule has 0 aliphatic heterocycles. The number of benzene rings is 1. The summed E-state index contributed by atoms with van der Waals surface area (Å²) in [6.45, 7) is -0.965. The lowest BCUT2D eigenvalue weighted by atomic mass is 10.3. The number of carboxylic acids is 1. The van der Waals surface area contributed by atoms with E-state index in [4.69, 9.17) is 19.7 Å². The van der Waals surface area contributed by atoms with Gasteiger partial charge in [-0.15, -0.1) is 0 Å². The molecule has 1 aromatic carbocycles. The second kappa shape index (κ2) is 8.14. The third-order valence-corrected chi connectivity index (χ3v) is 4.62. The fourth-order valence-electron chi connectivity index (χ4n) is 2.03. The first-order valence-corrected chi connectivity index (χ1v) is 8.69. The number of ether oxygens (including phenoxy) is 2. The quantitative estimate of drug-likeness (QED) is 0.632. The number of aliphatic hydroxyl groups excluding tert-OH is 1. The molecule has 9 nitrogen and oxygen atoms in total. The van der Waals surface area contributed by atoms with Crippen LogP contribution in [0.1, 0.15) is 10.4 Å². The summed E-state index contributed by atoms with van der Waals surface area (Å²) in [7, 11) is -4.03. The van der Waals surface area contributed by atoms with Crippen LogP contribution >= 0.6 is 0 Å². The van der Waals surface area contributed by atoms with E-state index in [2.05, 4.69) is 4.98 Å². The predicted molar refractivity (Wildman–Crippen MR) is 87.5 cm³/mol. The first kappa shape index (κ1) is 20.3. The van der Waals surface area contributed by atoms with Crippen LogP contribution in [0.5, 0.6) is 11.6 Å². The standard InChI is InChI=1S/C15H14F2N2O7S/c1-25-12-6-5-9(15(21)22)14(18-12)27(23,24)19(17)11-4-2-3-10(16)13(11)26-8-7-20/h2-6,20H,7-8H2,1H3,(H,21,22). The number of para-hydroxylation sites is 1. The van der Waals surface area contributed by atoms with Gasteiger partial charge in [0.1, 0.15) is 12.3 Å². The molecule has 0 spiro atoms. The second-order valence-corrected chi connectivity index (χ2v) is 6.55. The van der Waals surface area contributed by atoms with E-state index < -0.39 is 61.6 Å². The van der Waals surface area contributed by atoms with E-state index in [-0.39, 0.29) is 5.88 Å². The monoisotopic (exact) mass is 404 g/mol. The van der Waals surface area contributed by atoms with Crippen LogP contribution in [-0.2, 0) is 10.0 Å². The fourth-order valence-corrected chi connectivity index (χ4v) is 3.22. The van der Waals surface area contributed by atoms with Crippen molar-refractivity contribution in [3.8, 4) is 11.6 Å². The average molecular weight is 404 g/mol. The van der Waals surface area contributed by atoms with Crippen molar-refractivity contribution in [2.45, 2.75) is 5.03 Å². The number of aliphatic hydroxyl groups is 1. The number of sulfonamides is 1. The molecule has 0 radical (unpaired) electrons. The van der Waals surface area contributed by atoms with Gasteiger partial charge in [0.25, 0.3) is 0 Å². The highest BCUT2D eigenvalue weighted by Gasteiger charge is 2.34. The molecule has 2 rings (SSSR count). The molecule has 0 saturated heterocycles. The Morgan fingerprint density at radius 2 is 2.00 bits per heavy atom. The molecular weight excluding hydrogens is 390 g/mol. The van der Waals surface area contributed by atoms with Crippen LogP contribution in [0.25, 0.3) is 0 Å². The lowest BCUT2D eigenvalue weighted by Crippen LogP contribution is -2.26. The van der Waals surface area contributed by atoms with Gasteiger partial charge in [0.2, 0.25) is 5.88 Å². The summed E-state index contributed by atoms with van der Waals surface area (Å²) < 4.78 is 62.7. The van der Waals surface area contributed by atoms with Crippen LogP contribution < -0.4 is 14.0 Å². The maximum absolute atomic E-state index is 14.8. The number of nitrogens with zero attached hydrogens (tertiary/aromatic N) is 2. The van der Waals surface area contributed by atoms with Crippen LogP contribution in [0.15, 0.2) is 35.4 Å². The Morgan fingerprint density at radius 1 is 1.30 bits per heavy atom. The molecule has 0 bridgehead atoms. The summed E-state index contributed by atoms with van der Waals surface area (Å²) in [5.74, 6) is -3.82. The number of rotatable bonds is 8. The summed E-state index contributed by atoms with van der Waals surface area (Å²) in [6, 6.07) is 4.78. The topological polar surface area (TPSA) is 126 Å². The highest BCUT2D eigenvalue weighted by molar-refractivity contribution is 7.92. The molecule has 0 aliphatic rings. The van der Waals surface area contributed by atoms with Crippen LogP contribution in [0.4, 0.5) is 14.6 Å². The van der Waals surface area contributed by atoms with E-state index in [0.29, 0.717) is 0 Å². The largest absolute Gasteiger partial charge is 0.486 e. The minimum atomic E-state index is -5.18. The van der Waals surface area contributed by atoms with Crippen molar-refractivity contribution in [3.63, 3.8) is 0 Å². The Hall–Kier alpha value is -2.99. The minimum Gasteiger partial charge on any atom is -0.486 e. The molecule has 1 aromatic heterocycles. The average Bonchev–Trinajstić information content (AvgIpc) is 2.65. The molecule has 146 valence electrons. The molecule has 0 amide bonds. The molecule has 12 heteroatoms. The number of carboxylic acid groups (broad SMARTS) is 1. The number of halogens is 2. The molecule has 0 atom stereocenters. The van der Waals surface area contributed by atoms with Gasteiger partial charge in [-0.1, -0.05) is 15.1 Å². The zero-order chi connectivity index (χ0) is 20.2. The lowest BCUT2D eigenvalue weighted by Gasteiger charge is -2.18. The van der Waals surface area contributed by atoms with Crippen LogP contribution in [0, 0.1) is 5.82 Å². The molecule has 1 heterocycles. The Balaban J connectivity index is 2.62. The van der Waals surface area contributed by atoms with E-state index in [0.717, 1.165) is 37.4 Å². The van der Waals surface area contributed by atoms with E-state index >= 15 is 0 Å². The van der Waals surface area contributed by atoms with Crippen LogP contribution in [-0.4, -0.2) is 49.9 Å². The van der Waals surface area contributed by atoms with Gasteiger partial charge >= 0.3 is 16.0 Å². The summed E-state index contributed by atoms with van der Waals surface area (Å²) in [4.78, 5) is 14.8. The van der Waals surface area contributed by atoms with Gasteiger partial charge in [-0.25, -0.2) is 9.18 Å². The Kier molecular flexibility index (Phi) is 6.13. The van der Waals surface area contributed by atoms with Crippen molar-refractivity contribution in [2.75, 3.05) is 24.9 Å². The first-order chi connectivity index (χ1) is 12.7. The Bertz CT molecular complexity index is 953. The molecule has 0 saturated carbocycles. The Labute approximate surface area is 152 Å². The van der Waals surface area contributed by atoms with Gasteiger partial charge in [-0.05, 0) is 18.2 Å². The maximum Gasteiger partial charge on any atom is 0.338 e. The molecule has 2 N–H and O–H groups in total. The van der Waals surface area contributed by atoms with Crippen molar-refractivity contribution in [2.24, 2.45) is 0 Å². The van der Waals surface area contributed by atoms with Gasteiger partial charge in [0.15, 0.2) is 16.6 Å². The summed E-state index contributed by atoms with van der Waals surface area (Å²) in [5.41, 5.74) is -1.67. The van der Waals surface area contributed by atoms with Crippen molar-refractivity contribution < 1.29 is 41.8 Å². The molecule has 0 fully saturated rings. The number of aromatic carboxylic acids is 1. The van der Waals surface area contributed by atoms with Crippen molar-refractivity contribution in [1.82, 2.24) is 4.98 Å². The van der Waals surface area contributed by atoms with Gasteiger partial charge in [-0.2, -0.15) is 13.4 Å². The number of aromatic nitrogens is 1. The third-order valence-electron chi connectivity index (χ3n) is 3.20. The molecular formula is C15H14F2N2O7S. The summed E-state index contributed by atoms with van der Waals surface area (Å²) in [5, 5.41) is 16.8. The smallest absolute Gasteiger partial charge is 0.338 e. The van der Waals surface area contributed by atoms with Crippen molar-refractivity contribution in [1.29, 1.82) is 0 Å². The van der Waals surface area contributed by atoms with Gasteiger partial charge in [0.05, 0.1) is 19.3 Å². The number of carbonyl (C=O) groups is 1. The van der Waals surface area contributed by atoms with E-state index in [9.17, 15) is 22.1 Å². The summed E-state index contributed by atoms with van der Waals surface area (Å²) >= 11 is 0. The van der Waals surface area contributed by atoms with Crippen molar-refractivity contribution >= 4 is 21.7 Å². The van der Waals surface area contributed by atoms with E-state index in [1.807, 2.05) is 0 Å². The highest BCUT2D eigenvalue weighted by Crippen LogP contribution is 2.35. The van der Waals surface area contributed by atoms with Gasteiger partial charge < -0.3 is 19.7 Å². The van der Waals surface area contributed by atoms with Gasteiger partial charge in [0, 0.05) is 6.07 Å². The molecule has 0 unspecified atom stereocenters. The predicted octanol–water partition coefficient (Wildman–Crippen LogP) is 1.38. The summed E-state index contributed by atoms with van der Waals surface area (Å²) in [6.07, 6.45) is 0. The number of hydrogen-bond acceptors (Lipinski definition) is 7. The van der Waals surface area contributed by atoms with Gasteiger partial charge in [-0.3, -0.25) is 0 Å². The highest BCUT2D eigenvalue weighted by atomic mass is 32.2.